The van der Waals surface area contributed by atoms with E-state index in [1.54, 1.807) is 11.4 Å². The molecule has 1 heterocycles. The number of esters is 1. The second-order valence-corrected chi connectivity index (χ2v) is 5.45. The molecule has 0 radical (unpaired) electrons. The molecule has 0 aliphatic carbocycles. The minimum absolute atomic E-state index is 0.227. The number of methoxy groups -OCH3 is 1. The van der Waals surface area contributed by atoms with E-state index in [1.165, 1.54) is 24.5 Å². The van der Waals surface area contributed by atoms with Crippen molar-refractivity contribution < 1.29 is 13.9 Å². The molecule has 0 spiro atoms. The number of hydrogen-bond donors (Lipinski definition) is 1. The molecule has 0 aliphatic heterocycles. The van der Waals surface area contributed by atoms with Gasteiger partial charge >= 0.3 is 5.97 Å². The van der Waals surface area contributed by atoms with Crippen molar-refractivity contribution in [3.8, 4) is 0 Å². The molecule has 19 heavy (non-hydrogen) atoms. The predicted molar refractivity (Wildman–Crippen MR) is 75.6 cm³/mol. The van der Waals surface area contributed by atoms with E-state index in [4.69, 9.17) is 0 Å². The van der Waals surface area contributed by atoms with Gasteiger partial charge in [-0.3, -0.25) is 0 Å². The fraction of sp³-hybridized carbons (Fsp3) is 0.167. The molecule has 2 rings (SSSR count). The Hall–Kier alpha value is -1.47. The van der Waals surface area contributed by atoms with Gasteiger partial charge in [0.15, 0.2) is 10.8 Å². The van der Waals surface area contributed by atoms with Gasteiger partial charge in [0.05, 0.1) is 11.6 Å². The second kappa shape index (κ2) is 5.66. The van der Waals surface area contributed by atoms with E-state index in [-0.39, 0.29) is 11.5 Å². The molecule has 0 bridgehead atoms. The van der Waals surface area contributed by atoms with Crippen LogP contribution in [0.2, 0.25) is 0 Å². The van der Waals surface area contributed by atoms with Crippen LogP contribution in [0.5, 0.6) is 0 Å². The standard InChI is InChI=1S/C12H10BrFN2O2S/c1-6-3-7(13)8(14)4-9(6)15-12-16-10(5-19-12)11(17)18-2/h3-5H,1-2H3,(H,15,16). The quantitative estimate of drug-likeness (QED) is 0.858. The van der Waals surface area contributed by atoms with E-state index >= 15 is 0 Å². The number of anilines is 2. The van der Waals surface area contributed by atoms with Crippen molar-refractivity contribution in [3.05, 3.63) is 39.1 Å². The summed E-state index contributed by atoms with van der Waals surface area (Å²) in [6.07, 6.45) is 0. The zero-order chi connectivity index (χ0) is 14.0. The lowest BCUT2D eigenvalue weighted by molar-refractivity contribution is 0.0595. The van der Waals surface area contributed by atoms with Crippen LogP contribution in [0.4, 0.5) is 15.2 Å². The Balaban J connectivity index is 2.24. The largest absolute Gasteiger partial charge is 0.464 e. The van der Waals surface area contributed by atoms with Gasteiger partial charge in [-0.1, -0.05) is 0 Å². The van der Waals surface area contributed by atoms with Crippen molar-refractivity contribution in [1.29, 1.82) is 0 Å². The van der Waals surface area contributed by atoms with Gasteiger partial charge in [-0.15, -0.1) is 11.3 Å². The molecule has 0 amide bonds. The fourth-order valence-corrected chi connectivity index (χ4v) is 2.58. The van der Waals surface area contributed by atoms with Gasteiger partial charge in [-0.2, -0.15) is 0 Å². The number of aromatic nitrogens is 1. The van der Waals surface area contributed by atoms with Crippen molar-refractivity contribution in [2.45, 2.75) is 6.92 Å². The molecule has 2 aromatic rings. The van der Waals surface area contributed by atoms with E-state index in [1.807, 2.05) is 6.92 Å². The first-order valence-corrected chi connectivity index (χ1v) is 6.95. The topological polar surface area (TPSA) is 51.2 Å². The lowest BCUT2D eigenvalue weighted by Crippen LogP contribution is -2.02. The first kappa shape index (κ1) is 14.0. The summed E-state index contributed by atoms with van der Waals surface area (Å²) < 4.78 is 18.4. The molecular formula is C12H10BrFN2O2S. The summed E-state index contributed by atoms with van der Waals surface area (Å²) >= 11 is 4.37. The summed E-state index contributed by atoms with van der Waals surface area (Å²) in [6, 6.07) is 3.05. The lowest BCUT2D eigenvalue weighted by atomic mass is 10.2. The Morgan fingerprint density at radius 2 is 2.26 bits per heavy atom. The van der Waals surface area contributed by atoms with Gasteiger partial charge in [0, 0.05) is 11.1 Å². The number of benzene rings is 1. The molecule has 0 saturated carbocycles. The first-order chi connectivity index (χ1) is 9.01. The monoisotopic (exact) mass is 344 g/mol. The zero-order valence-electron chi connectivity index (χ0n) is 10.2. The third kappa shape index (κ3) is 3.10. The number of hydrogen-bond acceptors (Lipinski definition) is 5. The number of aryl methyl sites for hydroxylation is 1. The molecule has 1 aromatic carbocycles. The zero-order valence-corrected chi connectivity index (χ0v) is 12.6. The molecule has 7 heteroatoms. The van der Waals surface area contributed by atoms with Gasteiger partial charge in [0.1, 0.15) is 5.82 Å². The highest BCUT2D eigenvalue weighted by atomic mass is 79.9. The number of carbonyl (C=O) groups is 1. The van der Waals surface area contributed by atoms with Crippen LogP contribution in [0.25, 0.3) is 0 Å². The number of rotatable bonds is 3. The van der Waals surface area contributed by atoms with E-state index in [0.29, 0.717) is 15.3 Å². The van der Waals surface area contributed by atoms with Gasteiger partial charge in [0.25, 0.3) is 0 Å². The highest BCUT2D eigenvalue weighted by Gasteiger charge is 2.12. The summed E-state index contributed by atoms with van der Waals surface area (Å²) in [5, 5.41) is 5.07. The van der Waals surface area contributed by atoms with E-state index in [0.717, 1.165) is 5.56 Å². The summed E-state index contributed by atoms with van der Waals surface area (Å²) in [7, 11) is 1.29. The summed E-state index contributed by atoms with van der Waals surface area (Å²) in [6.45, 7) is 1.85. The van der Waals surface area contributed by atoms with Gasteiger partial charge < -0.3 is 10.1 Å². The van der Waals surface area contributed by atoms with Gasteiger partial charge in [-0.25, -0.2) is 14.2 Å². The minimum atomic E-state index is -0.497. The summed E-state index contributed by atoms with van der Waals surface area (Å²) in [4.78, 5) is 15.3. The number of halogens is 2. The second-order valence-electron chi connectivity index (χ2n) is 3.74. The molecule has 1 aromatic heterocycles. The van der Waals surface area contributed by atoms with Crippen LogP contribution < -0.4 is 5.32 Å². The molecule has 1 N–H and O–H groups in total. The number of nitrogens with one attached hydrogen (secondary N) is 1. The maximum atomic E-state index is 13.5. The van der Waals surface area contributed by atoms with Crippen LogP contribution in [-0.2, 0) is 4.74 Å². The summed E-state index contributed by atoms with van der Waals surface area (Å²) in [5.74, 6) is -0.860. The number of thiazole rings is 1. The molecule has 4 nitrogen and oxygen atoms in total. The average Bonchev–Trinajstić information content (AvgIpc) is 2.83. The van der Waals surface area contributed by atoms with Crippen molar-refractivity contribution in [2.75, 3.05) is 12.4 Å². The molecule has 0 fully saturated rings. The molecular weight excluding hydrogens is 335 g/mol. The molecule has 100 valence electrons. The molecule has 0 unspecified atom stereocenters. The molecule has 0 atom stereocenters. The van der Waals surface area contributed by atoms with E-state index < -0.39 is 5.97 Å². The van der Waals surface area contributed by atoms with Crippen LogP contribution in [0.15, 0.2) is 22.0 Å². The predicted octanol–water partition coefficient (Wildman–Crippen LogP) is 3.88. The normalized spacial score (nSPS) is 10.3. The molecule has 0 saturated heterocycles. The highest BCUT2D eigenvalue weighted by molar-refractivity contribution is 9.10. The highest BCUT2D eigenvalue weighted by Crippen LogP contribution is 2.28. The number of ether oxygens (including phenoxy) is 1. The van der Waals surface area contributed by atoms with Crippen molar-refractivity contribution >= 4 is 44.1 Å². The van der Waals surface area contributed by atoms with Gasteiger partial charge in [0.2, 0.25) is 0 Å². The minimum Gasteiger partial charge on any atom is -0.464 e. The lowest BCUT2D eigenvalue weighted by Gasteiger charge is -2.07. The van der Waals surface area contributed by atoms with Crippen molar-refractivity contribution in [3.63, 3.8) is 0 Å². The van der Waals surface area contributed by atoms with Gasteiger partial charge in [-0.05, 0) is 40.5 Å². The fourth-order valence-electron chi connectivity index (χ4n) is 1.43. The van der Waals surface area contributed by atoms with Crippen LogP contribution >= 0.6 is 27.3 Å². The number of nitrogens with zero attached hydrogens (tertiary/aromatic N) is 1. The Labute approximate surface area is 121 Å². The van der Waals surface area contributed by atoms with Crippen LogP contribution in [-0.4, -0.2) is 18.1 Å². The van der Waals surface area contributed by atoms with Crippen molar-refractivity contribution in [2.24, 2.45) is 0 Å². The van der Waals surface area contributed by atoms with Crippen molar-refractivity contribution in [1.82, 2.24) is 4.98 Å². The van der Waals surface area contributed by atoms with Crippen LogP contribution in [0.3, 0.4) is 0 Å². The van der Waals surface area contributed by atoms with Crippen LogP contribution in [0.1, 0.15) is 16.1 Å². The Morgan fingerprint density at radius 3 is 2.95 bits per heavy atom. The third-order valence-corrected chi connectivity index (χ3v) is 3.77. The first-order valence-electron chi connectivity index (χ1n) is 5.27. The Kier molecular flexibility index (Phi) is 4.16. The summed E-state index contributed by atoms with van der Waals surface area (Å²) in [5.41, 5.74) is 1.69. The smallest absolute Gasteiger partial charge is 0.357 e. The average molecular weight is 345 g/mol. The SMILES string of the molecule is COC(=O)c1csc(Nc2cc(F)c(Br)cc2C)n1. The Bertz CT molecular complexity index is 630. The number of carbonyl (C=O) groups excluding carboxylic acids is 1. The molecule has 0 aliphatic rings. The van der Waals surface area contributed by atoms with Crippen LogP contribution in [0, 0.1) is 12.7 Å². The maximum Gasteiger partial charge on any atom is 0.357 e. The Morgan fingerprint density at radius 1 is 1.53 bits per heavy atom. The van der Waals surface area contributed by atoms with E-state index in [9.17, 15) is 9.18 Å². The van der Waals surface area contributed by atoms with E-state index in [2.05, 4.69) is 31.0 Å². The third-order valence-electron chi connectivity index (χ3n) is 2.41. The maximum absolute atomic E-state index is 13.5.